The molecule has 0 aromatic carbocycles. The van der Waals surface area contributed by atoms with Crippen molar-refractivity contribution in [1.29, 1.82) is 0 Å². The van der Waals surface area contributed by atoms with Crippen LogP contribution >= 0.6 is 0 Å². The topological polar surface area (TPSA) is 64.1 Å². The van der Waals surface area contributed by atoms with Crippen molar-refractivity contribution in [2.24, 2.45) is 5.92 Å². The SMILES string of the molecule is CC1CCN(S(=O)(=O)N2CCCN(CCO)CC2)CC1. The Kier molecular flexibility index (Phi) is 5.80. The second-order valence-corrected chi connectivity index (χ2v) is 7.84. The smallest absolute Gasteiger partial charge is 0.282 e. The Balaban J connectivity index is 1.95. The van der Waals surface area contributed by atoms with Crippen LogP contribution in [0.1, 0.15) is 26.2 Å². The molecule has 7 heteroatoms. The van der Waals surface area contributed by atoms with Gasteiger partial charge in [0.25, 0.3) is 10.2 Å². The summed E-state index contributed by atoms with van der Waals surface area (Å²) in [7, 11) is -3.29. The summed E-state index contributed by atoms with van der Waals surface area (Å²) < 4.78 is 28.6. The van der Waals surface area contributed by atoms with E-state index in [0.717, 1.165) is 25.8 Å². The fraction of sp³-hybridized carbons (Fsp3) is 1.00. The maximum absolute atomic E-state index is 12.6. The maximum Gasteiger partial charge on any atom is 0.282 e. The molecule has 118 valence electrons. The van der Waals surface area contributed by atoms with E-state index in [1.54, 1.807) is 8.61 Å². The van der Waals surface area contributed by atoms with E-state index in [4.69, 9.17) is 5.11 Å². The zero-order valence-electron chi connectivity index (χ0n) is 12.4. The Hall–Kier alpha value is -0.210. The lowest BCUT2D eigenvalue weighted by molar-refractivity contribution is 0.201. The van der Waals surface area contributed by atoms with Gasteiger partial charge >= 0.3 is 0 Å². The van der Waals surface area contributed by atoms with Crippen LogP contribution in [-0.4, -0.2) is 79.5 Å². The van der Waals surface area contributed by atoms with Gasteiger partial charge in [-0.2, -0.15) is 17.0 Å². The van der Waals surface area contributed by atoms with Crippen LogP contribution < -0.4 is 0 Å². The number of hydrogen-bond donors (Lipinski definition) is 1. The summed E-state index contributed by atoms with van der Waals surface area (Å²) in [4.78, 5) is 2.13. The van der Waals surface area contributed by atoms with Gasteiger partial charge in [0, 0.05) is 39.3 Å². The average molecular weight is 305 g/mol. The van der Waals surface area contributed by atoms with Gasteiger partial charge in [-0.25, -0.2) is 0 Å². The molecule has 2 fully saturated rings. The molecule has 0 radical (unpaired) electrons. The molecule has 0 unspecified atom stereocenters. The number of aliphatic hydroxyl groups excluding tert-OH is 1. The molecular formula is C13H27N3O3S. The number of aliphatic hydroxyl groups is 1. The van der Waals surface area contributed by atoms with E-state index in [2.05, 4.69) is 11.8 Å². The Bertz CT molecular complexity index is 394. The Morgan fingerprint density at radius 3 is 2.30 bits per heavy atom. The first-order valence-corrected chi connectivity index (χ1v) is 9.02. The van der Waals surface area contributed by atoms with Crippen LogP contribution in [0.15, 0.2) is 0 Å². The number of β-amino-alcohol motifs (C(OH)–C–C–N with tert-alkyl or cyclic N) is 1. The number of nitrogens with zero attached hydrogens (tertiary/aromatic N) is 3. The highest BCUT2D eigenvalue weighted by Gasteiger charge is 2.32. The van der Waals surface area contributed by atoms with E-state index in [0.29, 0.717) is 45.2 Å². The van der Waals surface area contributed by atoms with Gasteiger partial charge in [-0.3, -0.25) is 4.90 Å². The predicted molar refractivity (Wildman–Crippen MR) is 78.6 cm³/mol. The normalized spacial score (nSPS) is 25.7. The number of hydrogen-bond acceptors (Lipinski definition) is 4. The van der Waals surface area contributed by atoms with Crippen molar-refractivity contribution in [3.63, 3.8) is 0 Å². The maximum atomic E-state index is 12.6. The fourth-order valence-electron chi connectivity index (χ4n) is 2.92. The van der Waals surface area contributed by atoms with Crippen LogP contribution in [0.25, 0.3) is 0 Å². The van der Waals surface area contributed by atoms with Crippen molar-refractivity contribution in [2.45, 2.75) is 26.2 Å². The molecule has 2 rings (SSSR count). The molecule has 0 aromatic heterocycles. The molecule has 0 aromatic rings. The van der Waals surface area contributed by atoms with Crippen LogP contribution in [0.4, 0.5) is 0 Å². The molecular weight excluding hydrogens is 278 g/mol. The van der Waals surface area contributed by atoms with Crippen LogP contribution in [0.5, 0.6) is 0 Å². The van der Waals surface area contributed by atoms with Gasteiger partial charge in [-0.15, -0.1) is 0 Å². The summed E-state index contributed by atoms with van der Waals surface area (Å²) in [6.07, 6.45) is 2.76. The highest BCUT2D eigenvalue weighted by Crippen LogP contribution is 2.21. The third-order valence-corrected chi connectivity index (χ3v) is 6.39. The van der Waals surface area contributed by atoms with Crippen molar-refractivity contribution in [1.82, 2.24) is 13.5 Å². The Morgan fingerprint density at radius 2 is 1.65 bits per heavy atom. The van der Waals surface area contributed by atoms with Crippen molar-refractivity contribution in [2.75, 3.05) is 52.4 Å². The molecule has 1 N–H and O–H groups in total. The summed E-state index contributed by atoms with van der Waals surface area (Å²) in [5.74, 6) is 0.630. The number of piperidine rings is 1. The van der Waals surface area contributed by atoms with Gasteiger partial charge < -0.3 is 5.11 Å². The van der Waals surface area contributed by atoms with E-state index in [1.807, 2.05) is 0 Å². The first kappa shape index (κ1) is 16.2. The van der Waals surface area contributed by atoms with E-state index in [1.165, 1.54) is 0 Å². The lowest BCUT2D eigenvalue weighted by Gasteiger charge is -2.33. The second-order valence-electron chi connectivity index (χ2n) is 5.91. The molecule has 2 aliphatic heterocycles. The molecule has 0 spiro atoms. The molecule has 0 amide bonds. The molecule has 0 atom stereocenters. The molecule has 0 aliphatic carbocycles. The summed E-state index contributed by atoms with van der Waals surface area (Å²) in [6, 6.07) is 0. The molecule has 20 heavy (non-hydrogen) atoms. The molecule has 0 bridgehead atoms. The lowest BCUT2D eigenvalue weighted by atomic mass is 10.0. The van der Waals surface area contributed by atoms with Crippen LogP contribution in [0.2, 0.25) is 0 Å². The quantitative estimate of drug-likeness (QED) is 0.792. The van der Waals surface area contributed by atoms with Crippen LogP contribution in [0.3, 0.4) is 0 Å². The lowest BCUT2D eigenvalue weighted by Crippen LogP contribution is -2.48. The zero-order valence-corrected chi connectivity index (χ0v) is 13.2. The summed E-state index contributed by atoms with van der Waals surface area (Å²) in [5, 5.41) is 8.98. The molecule has 2 aliphatic rings. The van der Waals surface area contributed by atoms with Crippen LogP contribution in [-0.2, 0) is 10.2 Å². The monoisotopic (exact) mass is 305 g/mol. The average Bonchev–Trinajstić information content (AvgIpc) is 2.66. The van der Waals surface area contributed by atoms with Crippen LogP contribution in [0, 0.1) is 5.92 Å². The predicted octanol–water partition coefficient (Wildman–Crippen LogP) is -0.0369. The molecule has 2 saturated heterocycles. The van der Waals surface area contributed by atoms with Gasteiger partial charge in [-0.05, 0) is 31.7 Å². The Morgan fingerprint density at radius 1 is 1.00 bits per heavy atom. The van der Waals surface area contributed by atoms with Gasteiger partial charge in [-0.1, -0.05) is 6.92 Å². The largest absolute Gasteiger partial charge is 0.395 e. The number of rotatable bonds is 4. The van der Waals surface area contributed by atoms with E-state index < -0.39 is 10.2 Å². The van der Waals surface area contributed by atoms with E-state index in [9.17, 15) is 8.42 Å². The summed E-state index contributed by atoms with van der Waals surface area (Å²) in [5.41, 5.74) is 0. The standard InChI is InChI=1S/C13H27N3O3S/c1-13-3-7-16(8-4-13)20(18,19)15-6-2-5-14(9-10-15)11-12-17/h13,17H,2-12H2,1H3. The molecule has 2 heterocycles. The minimum atomic E-state index is -3.29. The highest BCUT2D eigenvalue weighted by molar-refractivity contribution is 7.86. The first-order valence-electron chi connectivity index (χ1n) is 7.62. The fourth-order valence-corrected chi connectivity index (χ4v) is 4.59. The molecule has 0 saturated carbocycles. The van der Waals surface area contributed by atoms with Crippen molar-refractivity contribution in [3.05, 3.63) is 0 Å². The van der Waals surface area contributed by atoms with Gasteiger partial charge in [0.05, 0.1) is 6.61 Å². The third-order valence-electron chi connectivity index (χ3n) is 4.36. The third kappa shape index (κ3) is 3.92. The highest BCUT2D eigenvalue weighted by atomic mass is 32.2. The first-order chi connectivity index (χ1) is 9.54. The summed E-state index contributed by atoms with van der Waals surface area (Å²) in [6.45, 7) is 6.97. The minimum Gasteiger partial charge on any atom is -0.395 e. The van der Waals surface area contributed by atoms with Gasteiger partial charge in [0.15, 0.2) is 0 Å². The van der Waals surface area contributed by atoms with Crippen molar-refractivity contribution < 1.29 is 13.5 Å². The van der Waals surface area contributed by atoms with Crippen molar-refractivity contribution >= 4 is 10.2 Å². The minimum absolute atomic E-state index is 0.136. The van der Waals surface area contributed by atoms with E-state index in [-0.39, 0.29) is 6.61 Å². The Labute approximate surface area is 122 Å². The second kappa shape index (κ2) is 7.17. The van der Waals surface area contributed by atoms with Gasteiger partial charge in [0.1, 0.15) is 0 Å². The van der Waals surface area contributed by atoms with E-state index >= 15 is 0 Å². The zero-order chi connectivity index (χ0) is 14.6. The summed E-state index contributed by atoms with van der Waals surface area (Å²) >= 11 is 0. The molecule has 6 nitrogen and oxygen atoms in total. The van der Waals surface area contributed by atoms with Gasteiger partial charge in [0.2, 0.25) is 0 Å². The van der Waals surface area contributed by atoms with Crippen molar-refractivity contribution in [3.8, 4) is 0 Å².